The monoisotopic (exact) mass is 342 g/mol. The predicted molar refractivity (Wildman–Crippen MR) is 79.0 cm³/mol. The van der Waals surface area contributed by atoms with Crippen LogP contribution in [0.4, 0.5) is 0 Å². The second-order valence-electron chi connectivity index (χ2n) is 4.08. The predicted octanol–water partition coefficient (Wildman–Crippen LogP) is 1.78. The summed E-state index contributed by atoms with van der Waals surface area (Å²) in [5.74, 6) is 0. The molecule has 1 aromatic rings. The van der Waals surface area contributed by atoms with E-state index in [4.69, 9.17) is 21.1 Å². The van der Waals surface area contributed by atoms with Gasteiger partial charge in [-0.3, -0.25) is 0 Å². The molecule has 9 heteroatoms. The Kier molecular flexibility index (Phi) is 7.35. The fourth-order valence-corrected chi connectivity index (χ4v) is 4.97. The van der Waals surface area contributed by atoms with Gasteiger partial charge in [0.1, 0.15) is 0 Å². The number of hydrogen-bond acceptors (Lipinski definition) is 6. The molecule has 20 heavy (non-hydrogen) atoms. The highest BCUT2D eigenvalue weighted by Crippen LogP contribution is 2.29. The van der Waals surface area contributed by atoms with E-state index in [1.807, 2.05) is 0 Å². The summed E-state index contributed by atoms with van der Waals surface area (Å²) in [5, 5.41) is 0. The molecule has 116 valence electrons. The maximum Gasteiger partial charge on any atom is 0.254 e. The second-order valence-corrected chi connectivity index (χ2v) is 7.80. The van der Waals surface area contributed by atoms with Gasteiger partial charge < -0.3 is 9.47 Å². The molecule has 0 fully saturated rings. The molecule has 0 saturated carbocycles. The zero-order valence-corrected chi connectivity index (χ0v) is 14.1. The molecular weight excluding hydrogens is 324 g/mol. The minimum Gasteiger partial charge on any atom is -0.385 e. The minimum absolute atomic E-state index is 0.191. The fourth-order valence-electron chi connectivity index (χ4n) is 1.64. The Labute approximate surface area is 128 Å². The summed E-state index contributed by atoms with van der Waals surface area (Å²) < 4.78 is 36.9. The Balaban J connectivity index is 2.94. The standard InChI is InChI=1S/C11H19ClN2O4S2/c1-9-10(19-11(12)13-9)20(15,16)14(6-8-18-3)5-4-7-17-2/h4-8H2,1-3H3. The Morgan fingerprint density at radius 1 is 1.25 bits per heavy atom. The van der Waals surface area contributed by atoms with Crippen LogP contribution < -0.4 is 0 Å². The quantitative estimate of drug-likeness (QED) is 0.640. The van der Waals surface area contributed by atoms with Crippen molar-refractivity contribution < 1.29 is 17.9 Å². The van der Waals surface area contributed by atoms with Gasteiger partial charge in [0.25, 0.3) is 10.0 Å². The number of sulfonamides is 1. The largest absolute Gasteiger partial charge is 0.385 e. The van der Waals surface area contributed by atoms with Gasteiger partial charge in [0.2, 0.25) is 0 Å². The van der Waals surface area contributed by atoms with Crippen LogP contribution in [-0.2, 0) is 19.5 Å². The van der Waals surface area contributed by atoms with Crippen molar-refractivity contribution in [1.29, 1.82) is 0 Å². The van der Waals surface area contributed by atoms with E-state index >= 15 is 0 Å². The molecule has 0 aliphatic heterocycles. The van der Waals surface area contributed by atoms with Crippen molar-refractivity contribution >= 4 is 33.0 Å². The molecule has 0 aromatic carbocycles. The van der Waals surface area contributed by atoms with Crippen LogP contribution in [0.25, 0.3) is 0 Å². The second kappa shape index (κ2) is 8.26. The number of aromatic nitrogens is 1. The number of nitrogens with zero attached hydrogens (tertiary/aromatic N) is 2. The van der Waals surface area contributed by atoms with Crippen molar-refractivity contribution in [3.05, 3.63) is 10.2 Å². The normalized spacial score (nSPS) is 12.2. The van der Waals surface area contributed by atoms with Gasteiger partial charge in [0.15, 0.2) is 8.68 Å². The lowest BCUT2D eigenvalue weighted by Gasteiger charge is -2.21. The smallest absolute Gasteiger partial charge is 0.254 e. The van der Waals surface area contributed by atoms with E-state index in [0.29, 0.717) is 31.9 Å². The molecule has 6 nitrogen and oxygen atoms in total. The van der Waals surface area contributed by atoms with E-state index in [0.717, 1.165) is 11.3 Å². The molecule has 1 rings (SSSR count). The molecule has 0 N–H and O–H groups in total. The van der Waals surface area contributed by atoms with E-state index in [9.17, 15) is 8.42 Å². The number of rotatable bonds is 9. The lowest BCUT2D eigenvalue weighted by molar-refractivity contribution is 0.164. The molecule has 0 saturated heterocycles. The molecule has 0 atom stereocenters. The van der Waals surface area contributed by atoms with Gasteiger partial charge in [-0.25, -0.2) is 13.4 Å². The minimum atomic E-state index is -3.59. The highest BCUT2D eigenvalue weighted by Gasteiger charge is 2.28. The van der Waals surface area contributed by atoms with Crippen molar-refractivity contribution in [2.45, 2.75) is 17.6 Å². The van der Waals surface area contributed by atoms with Crippen LogP contribution in [-0.4, -0.2) is 58.2 Å². The van der Waals surface area contributed by atoms with Gasteiger partial charge in [-0.05, 0) is 13.3 Å². The summed E-state index contributed by atoms with van der Waals surface area (Å²) >= 11 is 6.76. The first kappa shape index (κ1) is 17.8. The Morgan fingerprint density at radius 3 is 2.40 bits per heavy atom. The van der Waals surface area contributed by atoms with Crippen LogP contribution in [0.3, 0.4) is 0 Å². The zero-order chi connectivity index (χ0) is 15.2. The first-order valence-corrected chi connectivity index (χ1v) is 8.68. The van der Waals surface area contributed by atoms with Gasteiger partial charge in [0.05, 0.1) is 12.3 Å². The number of hydrogen-bond donors (Lipinski definition) is 0. The van der Waals surface area contributed by atoms with Crippen molar-refractivity contribution in [2.24, 2.45) is 0 Å². The molecule has 1 heterocycles. The fraction of sp³-hybridized carbons (Fsp3) is 0.727. The number of thiazole rings is 1. The molecular formula is C11H19ClN2O4S2. The van der Waals surface area contributed by atoms with Gasteiger partial charge in [-0.15, -0.1) is 0 Å². The number of halogens is 1. The van der Waals surface area contributed by atoms with Crippen LogP contribution in [0.5, 0.6) is 0 Å². The highest BCUT2D eigenvalue weighted by atomic mass is 35.5. The Bertz CT molecular complexity index is 518. The molecule has 0 aliphatic rings. The SMILES string of the molecule is COCCCN(CCOC)S(=O)(=O)c1sc(Cl)nc1C. The lowest BCUT2D eigenvalue weighted by Crippen LogP contribution is -2.35. The highest BCUT2D eigenvalue weighted by molar-refractivity contribution is 7.91. The maximum atomic E-state index is 12.6. The van der Waals surface area contributed by atoms with E-state index in [1.54, 1.807) is 14.0 Å². The molecule has 1 aromatic heterocycles. The van der Waals surface area contributed by atoms with E-state index in [2.05, 4.69) is 4.98 Å². The summed E-state index contributed by atoms with van der Waals surface area (Å²) in [6.07, 6.45) is 0.616. The maximum absolute atomic E-state index is 12.6. The van der Waals surface area contributed by atoms with Crippen LogP contribution in [0.15, 0.2) is 4.21 Å². The third kappa shape index (κ3) is 4.64. The van der Waals surface area contributed by atoms with Crippen LogP contribution >= 0.6 is 22.9 Å². The number of ether oxygens (including phenoxy) is 2. The van der Waals surface area contributed by atoms with Crippen molar-refractivity contribution in [3.8, 4) is 0 Å². The van der Waals surface area contributed by atoms with Crippen molar-refractivity contribution in [1.82, 2.24) is 9.29 Å². The summed E-state index contributed by atoms with van der Waals surface area (Å²) in [7, 11) is -0.473. The van der Waals surface area contributed by atoms with Gasteiger partial charge >= 0.3 is 0 Å². The molecule has 0 bridgehead atoms. The topological polar surface area (TPSA) is 68.7 Å². The summed E-state index contributed by atoms with van der Waals surface area (Å²) in [6.45, 7) is 3.13. The van der Waals surface area contributed by atoms with Gasteiger partial charge in [-0.1, -0.05) is 22.9 Å². The zero-order valence-electron chi connectivity index (χ0n) is 11.8. The van der Waals surface area contributed by atoms with E-state index in [1.165, 1.54) is 11.4 Å². The van der Waals surface area contributed by atoms with Crippen molar-refractivity contribution in [3.63, 3.8) is 0 Å². The van der Waals surface area contributed by atoms with Crippen LogP contribution in [0, 0.1) is 6.92 Å². The summed E-state index contributed by atoms with van der Waals surface area (Å²) in [6, 6.07) is 0. The van der Waals surface area contributed by atoms with E-state index < -0.39 is 10.0 Å². The summed E-state index contributed by atoms with van der Waals surface area (Å²) in [4.78, 5) is 3.96. The average Bonchev–Trinajstić information content (AvgIpc) is 2.73. The summed E-state index contributed by atoms with van der Waals surface area (Å²) in [5.41, 5.74) is 0.425. The molecule has 0 unspecified atom stereocenters. The molecule has 0 spiro atoms. The lowest BCUT2D eigenvalue weighted by atomic mass is 10.4. The van der Waals surface area contributed by atoms with Crippen LogP contribution in [0.2, 0.25) is 4.47 Å². The van der Waals surface area contributed by atoms with E-state index in [-0.39, 0.29) is 15.2 Å². The Morgan fingerprint density at radius 2 is 1.90 bits per heavy atom. The first-order valence-electron chi connectivity index (χ1n) is 6.04. The molecule has 0 aliphatic carbocycles. The third-order valence-corrected chi connectivity index (χ3v) is 6.35. The first-order chi connectivity index (χ1) is 9.43. The van der Waals surface area contributed by atoms with Crippen molar-refractivity contribution in [2.75, 3.05) is 40.5 Å². The molecule has 0 amide bonds. The average molecular weight is 343 g/mol. The van der Waals surface area contributed by atoms with Gasteiger partial charge in [0, 0.05) is 33.9 Å². The number of methoxy groups -OCH3 is 2. The number of aryl methyl sites for hydroxylation is 1. The third-order valence-electron chi connectivity index (χ3n) is 2.60. The Hall–Kier alpha value is -0.250. The van der Waals surface area contributed by atoms with Crippen LogP contribution in [0.1, 0.15) is 12.1 Å². The molecule has 0 radical (unpaired) electrons. The van der Waals surface area contributed by atoms with Gasteiger partial charge in [-0.2, -0.15) is 4.31 Å².